The molecule has 3 aliphatic heterocycles. The highest BCUT2D eigenvalue weighted by molar-refractivity contribution is 5.82. The minimum atomic E-state index is -0.694. The van der Waals surface area contributed by atoms with Crippen LogP contribution in [0.25, 0.3) is 0 Å². The van der Waals surface area contributed by atoms with Gasteiger partial charge >= 0.3 is 0 Å². The third-order valence-corrected chi connectivity index (χ3v) is 6.41. The van der Waals surface area contributed by atoms with Gasteiger partial charge in [0, 0.05) is 18.3 Å². The summed E-state index contributed by atoms with van der Waals surface area (Å²) in [5.74, 6) is -0.790. The zero-order valence-corrected chi connectivity index (χ0v) is 16.6. The molecular formula is C20H32O6. The van der Waals surface area contributed by atoms with E-state index in [1.165, 1.54) is 0 Å². The van der Waals surface area contributed by atoms with Crippen molar-refractivity contribution in [3.63, 3.8) is 0 Å². The molecule has 6 atom stereocenters. The van der Waals surface area contributed by atoms with Crippen molar-refractivity contribution in [1.82, 2.24) is 0 Å². The van der Waals surface area contributed by atoms with Gasteiger partial charge < -0.3 is 23.7 Å². The summed E-state index contributed by atoms with van der Waals surface area (Å²) in [7, 11) is 0. The maximum absolute atomic E-state index is 12.6. The van der Waals surface area contributed by atoms with Crippen molar-refractivity contribution in [1.29, 1.82) is 0 Å². The second-order valence-corrected chi connectivity index (χ2v) is 9.22. The fourth-order valence-corrected chi connectivity index (χ4v) is 5.43. The van der Waals surface area contributed by atoms with Gasteiger partial charge in [-0.15, -0.1) is 0 Å². The molecule has 0 N–H and O–H groups in total. The van der Waals surface area contributed by atoms with E-state index in [-0.39, 0.29) is 29.6 Å². The van der Waals surface area contributed by atoms with Gasteiger partial charge in [-0.25, -0.2) is 0 Å². The van der Waals surface area contributed by atoms with Crippen LogP contribution in [-0.2, 0) is 28.5 Å². The fourth-order valence-electron chi connectivity index (χ4n) is 5.43. The Morgan fingerprint density at radius 2 is 1.81 bits per heavy atom. The van der Waals surface area contributed by atoms with Gasteiger partial charge in [0.15, 0.2) is 17.9 Å². The SMILES string of the molecule is CCCC[C@@H]1CC(=O)C[C@]12[C@@H]([C@H]1COC(C)(C)O1)O[C@@H]1OC(C)(C)O[C@@H]12. The van der Waals surface area contributed by atoms with Gasteiger partial charge in [0.05, 0.1) is 12.7 Å². The van der Waals surface area contributed by atoms with Crippen molar-refractivity contribution >= 4 is 5.78 Å². The minimum absolute atomic E-state index is 0.207. The topological polar surface area (TPSA) is 63.2 Å². The average molecular weight is 368 g/mol. The van der Waals surface area contributed by atoms with Gasteiger partial charge in [0.1, 0.15) is 18.0 Å². The molecule has 0 aromatic heterocycles. The summed E-state index contributed by atoms with van der Waals surface area (Å²) >= 11 is 0. The lowest BCUT2D eigenvalue weighted by Gasteiger charge is -2.41. The van der Waals surface area contributed by atoms with Crippen LogP contribution in [0.2, 0.25) is 0 Å². The van der Waals surface area contributed by atoms with E-state index in [2.05, 4.69) is 6.92 Å². The van der Waals surface area contributed by atoms with Crippen LogP contribution in [0.4, 0.5) is 0 Å². The molecule has 0 aromatic carbocycles. The lowest BCUT2D eigenvalue weighted by atomic mass is 9.67. The summed E-state index contributed by atoms with van der Waals surface area (Å²) in [4.78, 5) is 12.6. The maximum atomic E-state index is 12.6. The highest BCUT2D eigenvalue weighted by atomic mass is 16.8. The van der Waals surface area contributed by atoms with Gasteiger partial charge in [0.2, 0.25) is 0 Å². The molecule has 0 aromatic rings. The van der Waals surface area contributed by atoms with Crippen LogP contribution in [0.1, 0.15) is 66.7 Å². The first-order chi connectivity index (χ1) is 12.2. The summed E-state index contributed by atoms with van der Waals surface area (Å²) in [5, 5.41) is 0. The van der Waals surface area contributed by atoms with E-state index in [4.69, 9.17) is 23.7 Å². The molecule has 6 nitrogen and oxygen atoms in total. The Labute approximate surface area is 155 Å². The first kappa shape index (κ1) is 18.8. The number of hydrogen-bond acceptors (Lipinski definition) is 6. The molecule has 0 unspecified atom stereocenters. The molecule has 3 heterocycles. The number of rotatable bonds is 4. The standard InChI is InChI=1S/C20H32O6/c1-6-7-8-12-9-13(21)10-20(12)15(14-11-22-18(2,3)24-14)23-17-16(20)25-19(4,5)26-17/h12,14-17H,6-11H2,1-5H3/t12-,14-,15-,16+,17-,20-/m1/s1. The molecule has 1 spiro atoms. The summed E-state index contributed by atoms with van der Waals surface area (Å²) in [5.41, 5.74) is -0.390. The minimum Gasteiger partial charge on any atom is -0.348 e. The largest absolute Gasteiger partial charge is 0.348 e. The molecule has 0 bridgehead atoms. The third kappa shape index (κ3) is 2.94. The Bertz CT molecular complexity index is 573. The smallest absolute Gasteiger partial charge is 0.188 e. The number of Topliss-reactive ketones (excluding diaryl/α,β-unsaturated/α-hetero) is 1. The number of ketones is 1. The molecule has 1 aliphatic carbocycles. The lowest BCUT2D eigenvalue weighted by molar-refractivity contribution is -0.241. The van der Waals surface area contributed by atoms with Gasteiger partial charge in [0.25, 0.3) is 0 Å². The molecule has 6 heteroatoms. The Morgan fingerprint density at radius 3 is 2.46 bits per heavy atom. The van der Waals surface area contributed by atoms with Gasteiger partial charge in [-0.2, -0.15) is 0 Å². The first-order valence-electron chi connectivity index (χ1n) is 10.0. The second-order valence-electron chi connectivity index (χ2n) is 9.22. The number of hydrogen-bond donors (Lipinski definition) is 0. The van der Waals surface area contributed by atoms with E-state index in [0.29, 0.717) is 25.2 Å². The quantitative estimate of drug-likeness (QED) is 0.759. The van der Waals surface area contributed by atoms with Gasteiger partial charge in [-0.1, -0.05) is 19.8 Å². The number of carbonyl (C=O) groups is 1. The molecule has 3 saturated heterocycles. The first-order valence-corrected chi connectivity index (χ1v) is 10.0. The van der Waals surface area contributed by atoms with Crippen LogP contribution in [-0.4, -0.2) is 48.6 Å². The van der Waals surface area contributed by atoms with E-state index in [1.807, 2.05) is 27.7 Å². The third-order valence-electron chi connectivity index (χ3n) is 6.41. The highest BCUT2D eigenvalue weighted by Gasteiger charge is 2.70. The van der Waals surface area contributed by atoms with Crippen molar-refractivity contribution in [2.75, 3.05) is 6.61 Å². The Morgan fingerprint density at radius 1 is 1.04 bits per heavy atom. The Kier molecular flexibility index (Phi) is 4.52. The van der Waals surface area contributed by atoms with Crippen LogP contribution in [0.3, 0.4) is 0 Å². The maximum Gasteiger partial charge on any atom is 0.188 e. The van der Waals surface area contributed by atoms with E-state index < -0.39 is 17.9 Å². The van der Waals surface area contributed by atoms with Gasteiger partial charge in [-0.3, -0.25) is 4.79 Å². The number of ether oxygens (including phenoxy) is 5. The lowest BCUT2D eigenvalue weighted by Crippen LogP contribution is -2.50. The fraction of sp³-hybridized carbons (Fsp3) is 0.950. The Hall–Kier alpha value is -0.530. The monoisotopic (exact) mass is 368 g/mol. The second kappa shape index (κ2) is 6.24. The van der Waals surface area contributed by atoms with Crippen molar-refractivity contribution in [2.45, 2.75) is 103 Å². The van der Waals surface area contributed by atoms with Crippen LogP contribution < -0.4 is 0 Å². The predicted octanol–water partition coefficient (Wildman–Crippen LogP) is 3.17. The molecule has 4 rings (SSSR count). The molecule has 4 aliphatic rings. The molecule has 148 valence electrons. The normalized spacial score (nSPS) is 46.3. The molecule has 4 fully saturated rings. The zero-order valence-electron chi connectivity index (χ0n) is 16.6. The average Bonchev–Trinajstić information content (AvgIpc) is 3.21. The summed E-state index contributed by atoms with van der Waals surface area (Å²) in [6.07, 6.45) is 3.16. The number of unbranched alkanes of at least 4 members (excludes halogenated alkanes) is 1. The van der Waals surface area contributed by atoms with E-state index in [0.717, 1.165) is 19.3 Å². The van der Waals surface area contributed by atoms with E-state index in [1.54, 1.807) is 0 Å². The van der Waals surface area contributed by atoms with Crippen molar-refractivity contribution < 1.29 is 28.5 Å². The van der Waals surface area contributed by atoms with Crippen molar-refractivity contribution in [2.24, 2.45) is 11.3 Å². The Balaban J connectivity index is 1.69. The predicted molar refractivity (Wildman–Crippen MR) is 93.3 cm³/mol. The molecule has 0 amide bonds. The summed E-state index contributed by atoms with van der Waals surface area (Å²) in [6, 6.07) is 0. The molecule has 26 heavy (non-hydrogen) atoms. The molecule has 1 saturated carbocycles. The molecule has 0 radical (unpaired) electrons. The van der Waals surface area contributed by atoms with Crippen molar-refractivity contribution in [3.8, 4) is 0 Å². The summed E-state index contributed by atoms with van der Waals surface area (Å²) in [6.45, 7) is 10.3. The number of carbonyl (C=O) groups excluding carboxylic acids is 1. The van der Waals surface area contributed by atoms with Crippen LogP contribution in [0.15, 0.2) is 0 Å². The van der Waals surface area contributed by atoms with E-state index in [9.17, 15) is 4.79 Å². The zero-order chi connectivity index (χ0) is 18.7. The molecular weight excluding hydrogens is 336 g/mol. The number of fused-ring (bicyclic) bond motifs is 2. The van der Waals surface area contributed by atoms with E-state index >= 15 is 0 Å². The van der Waals surface area contributed by atoms with Crippen molar-refractivity contribution in [3.05, 3.63) is 0 Å². The van der Waals surface area contributed by atoms with Crippen LogP contribution >= 0.6 is 0 Å². The highest BCUT2D eigenvalue weighted by Crippen LogP contribution is 2.60. The van der Waals surface area contributed by atoms with Gasteiger partial charge in [-0.05, 0) is 40.0 Å². The van der Waals surface area contributed by atoms with Crippen LogP contribution in [0, 0.1) is 11.3 Å². The van der Waals surface area contributed by atoms with Crippen LogP contribution in [0.5, 0.6) is 0 Å². The summed E-state index contributed by atoms with van der Waals surface area (Å²) < 4.78 is 30.7.